The quantitative estimate of drug-likeness (QED) is 0.340. The molecule has 1 N–H and O–H groups in total. The van der Waals surface area contributed by atoms with E-state index in [0.717, 1.165) is 0 Å². The second kappa shape index (κ2) is 11.5. The molecule has 0 aliphatic carbocycles. The molecule has 12 heteroatoms. The average Bonchev–Trinajstić information content (AvgIpc) is 2.95. The number of piperazine rings is 1. The Morgan fingerprint density at radius 3 is 2.53 bits per heavy atom. The number of anilines is 1. The van der Waals surface area contributed by atoms with Gasteiger partial charge in [0.05, 0.1) is 19.2 Å². The summed E-state index contributed by atoms with van der Waals surface area (Å²) < 4.78 is 12.4. The Morgan fingerprint density at radius 2 is 1.89 bits per heavy atom. The number of pyridine rings is 1. The van der Waals surface area contributed by atoms with Gasteiger partial charge in [-0.1, -0.05) is 18.2 Å². The predicted octanol–water partition coefficient (Wildman–Crippen LogP) is 2.39. The molecular formula is C26H28ClN7O4. The summed E-state index contributed by atoms with van der Waals surface area (Å²) >= 11 is 6.63. The molecule has 0 saturated carbocycles. The number of nitriles is 1. The summed E-state index contributed by atoms with van der Waals surface area (Å²) in [6.45, 7) is 6.56. The number of hydrogen-bond donors (Lipinski definition) is 1. The number of aromatic nitrogens is 3. The van der Waals surface area contributed by atoms with Crippen LogP contribution < -0.4 is 20.3 Å². The van der Waals surface area contributed by atoms with Crippen LogP contribution in [0, 0.1) is 11.3 Å². The lowest BCUT2D eigenvalue weighted by Gasteiger charge is -2.34. The van der Waals surface area contributed by atoms with Crippen LogP contribution in [0.25, 0.3) is 22.2 Å². The number of nitrogens with zero attached hydrogens (tertiary/aromatic N) is 6. The second-order valence-corrected chi connectivity index (χ2v) is 9.03. The first kappa shape index (κ1) is 26.9. The zero-order valence-corrected chi connectivity index (χ0v) is 22.2. The smallest absolute Gasteiger partial charge is 0.263 e. The summed E-state index contributed by atoms with van der Waals surface area (Å²) in [5, 5.41) is 12.8. The Kier molecular flexibility index (Phi) is 8.14. The Hall–Kier alpha value is -4.14. The SMILES string of the molecule is C=C(C#N)C(=O)N1CCN(CCn2c(=O)c(-c3cc(OC)cc(OC)c3Cl)cc3cnc(NC)nc32)CC1. The van der Waals surface area contributed by atoms with Gasteiger partial charge in [-0.25, -0.2) is 4.98 Å². The van der Waals surface area contributed by atoms with Crippen molar-refractivity contribution in [3.8, 4) is 28.7 Å². The topological polar surface area (TPSA) is 126 Å². The number of fused-ring (bicyclic) bond motifs is 1. The number of carbonyl (C=O) groups excluding carboxylic acids is 1. The fourth-order valence-corrected chi connectivity index (χ4v) is 4.66. The van der Waals surface area contributed by atoms with Gasteiger partial charge in [0, 0.05) is 75.1 Å². The number of rotatable bonds is 8. The highest BCUT2D eigenvalue weighted by Gasteiger charge is 2.24. The molecule has 4 rings (SSSR count). The van der Waals surface area contributed by atoms with Crippen molar-refractivity contribution >= 4 is 34.5 Å². The summed E-state index contributed by atoms with van der Waals surface area (Å²) in [6, 6.07) is 6.89. The molecule has 198 valence electrons. The molecule has 1 aromatic carbocycles. The molecule has 1 amide bonds. The lowest BCUT2D eigenvalue weighted by atomic mass is 10.0. The number of nitrogens with one attached hydrogen (secondary N) is 1. The number of methoxy groups -OCH3 is 2. The fourth-order valence-electron chi connectivity index (χ4n) is 4.37. The zero-order chi connectivity index (χ0) is 27.4. The van der Waals surface area contributed by atoms with Crippen LogP contribution >= 0.6 is 11.6 Å². The van der Waals surface area contributed by atoms with Crippen molar-refractivity contribution < 1.29 is 14.3 Å². The molecule has 11 nitrogen and oxygen atoms in total. The van der Waals surface area contributed by atoms with Gasteiger partial charge in [0.1, 0.15) is 28.8 Å². The molecule has 3 aromatic rings. The highest BCUT2D eigenvalue weighted by molar-refractivity contribution is 6.35. The van der Waals surface area contributed by atoms with Crippen LogP contribution in [0.5, 0.6) is 11.5 Å². The highest BCUT2D eigenvalue weighted by Crippen LogP contribution is 2.38. The summed E-state index contributed by atoms with van der Waals surface area (Å²) in [7, 11) is 4.74. The Bertz CT molecular complexity index is 1490. The highest BCUT2D eigenvalue weighted by atomic mass is 35.5. The number of benzene rings is 1. The summed E-state index contributed by atoms with van der Waals surface area (Å²) in [6.07, 6.45) is 1.66. The summed E-state index contributed by atoms with van der Waals surface area (Å²) in [5.74, 6) is 0.939. The molecule has 1 saturated heterocycles. The second-order valence-electron chi connectivity index (χ2n) is 8.65. The van der Waals surface area contributed by atoms with Crippen LogP contribution in [0.1, 0.15) is 0 Å². The van der Waals surface area contributed by atoms with Crippen molar-refractivity contribution in [2.24, 2.45) is 0 Å². The van der Waals surface area contributed by atoms with E-state index >= 15 is 0 Å². The minimum Gasteiger partial charge on any atom is -0.497 e. The van der Waals surface area contributed by atoms with E-state index in [1.165, 1.54) is 14.2 Å². The standard InChI is InChI=1S/C26H28ClN7O4/c1-16(14-28)24(35)33-8-5-32(6-9-33)7-10-34-23-17(15-30-26(29-2)31-23)11-20(25(34)36)19-12-18(37-3)13-21(38-4)22(19)27/h11-13,15H,1,5-10H2,2-4H3,(H,29,30,31). The van der Waals surface area contributed by atoms with E-state index in [1.807, 2.05) is 6.07 Å². The van der Waals surface area contributed by atoms with Crippen molar-refractivity contribution in [1.82, 2.24) is 24.3 Å². The minimum absolute atomic E-state index is 0.0684. The summed E-state index contributed by atoms with van der Waals surface area (Å²) in [4.78, 5) is 38.8. The van der Waals surface area contributed by atoms with Gasteiger partial charge in [0.2, 0.25) is 5.95 Å². The third-order valence-electron chi connectivity index (χ3n) is 6.50. The van der Waals surface area contributed by atoms with E-state index < -0.39 is 0 Å². The molecule has 1 aliphatic heterocycles. The molecular weight excluding hydrogens is 510 g/mol. The van der Waals surface area contributed by atoms with Crippen LogP contribution in [0.3, 0.4) is 0 Å². The maximum atomic E-state index is 13.9. The number of amides is 1. The van der Waals surface area contributed by atoms with Gasteiger partial charge in [-0.3, -0.25) is 19.1 Å². The van der Waals surface area contributed by atoms with Gasteiger partial charge in [-0.05, 0) is 12.1 Å². The van der Waals surface area contributed by atoms with Gasteiger partial charge < -0.3 is 19.7 Å². The van der Waals surface area contributed by atoms with Crippen LogP contribution in [-0.4, -0.2) is 84.2 Å². The fraction of sp³-hybridized carbons (Fsp3) is 0.346. The van der Waals surface area contributed by atoms with Crippen LogP contribution in [0.4, 0.5) is 5.95 Å². The van der Waals surface area contributed by atoms with Crippen molar-refractivity contribution in [2.75, 3.05) is 59.3 Å². The van der Waals surface area contributed by atoms with Gasteiger partial charge in [0.15, 0.2) is 0 Å². The predicted molar refractivity (Wildman–Crippen MR) is 145 cm³/mol. The van der Waals surface area contributed by atoms with Gasteiger partial charge >= 0.3 is 0 Å². The monoisotopic (exact) mass is 537 g/mol. The lowest BCUT2D eigenvalue weighted by molar-refractivity contribution is -0.128. The number of halogens is 1. The molecule has 1 aliphatic rings. The first-order chi connectivity index (χ1) is 18.3. The third kappa shape index (κ3) is 5.27. The molecule has 2 aromatic heterocycles. The minimum atomic E-state index is -0.344. The van der Waals surface area contributed by atoms with Crippen LogP contribution in [0.15, 0.2) is 41.3 Å². The van der Waals surface area contributed by atoms with Crippen molar-refractivity contribution in [1.29, 1.82) is 5.26 Å². The van der Waals surface area contributed by atoms with Crippen LogP contribution in [0.2, 0.25) is 5.02 Å². The number of ether oxygens (including phenoxy) is 2. The largest absolute Gasteiger partial charge is 0.497 e. The number of carbonyl (C=O) groups is 1. The lowest BCUT2D eigenvalue weighted by Crippen LogP contribution is -2.49. The first-order valence-corrected chi connectivity index (χ1v) is 12.3. The third-order valence-corrected chi connectivity index (χ3v) is 6.89. The maximum absolute atomic E-state index is 13.9. The van der Waals surface area contributed by atoms with Crippen molar-refractivity contribution in [3.05, 3.63) is 51.9 Å². The van der Waals surface area contributed by atoms with Gasteiger partial charge in [-0.15, -0.1) is 0 Å². The normalized spacial score (nSPS) is 13.7. The van der Waals surface area contributed by atoms with E-state index in [-0.39, 0.29) is 17.0 Å². The molecule has 0 spiro atoms. The molecule has 0 atom stereocenters. The van der Waals surface area contributed by atoms with E-state index in [2.05, 4.69) is 26.8 Å². The molecule has 38 heavy (non-hydrogen) atoms. The first-order valence-electron chi connectivity index (χ1n) is 11.9. The molecule has 0 radical (unpaired) electrons. The molecule has 1 fully saturated rings. The van der Waals surface area contributed by atoms with E-state index in [4.69, 9.17) is 26.3 Å². The Morgan fingerprint density at radius 1 is 1.16 bits per heavy atom. The molecule has 3 heterocycles. The van der Waals surface area contributed by atoms with Gasteiger partial charge in [-0.2, -0.15) is 10.2 Å². The Balaban J connectivity index is 1.69. The van der Waals surface area contributed by atoms with E-state index in [0.29, 0.717) is 83.9 Å². The molecule has 0 unspecified atom stereocenters. The van der Waals surface area contributed by atoms with Gasteiger partial charge in [0.25, 0.3) is 11.5 Å². The zero-order valence-electron chi connectivity index (χ0n) is 21.5. The molecule has 0 bridgehead atoms. The van der Waals surface area contributed by atoms with Crippen molar-refractivity contribution in [2.45, 2.75) is 6.54 Å². The number of hydrogen-bond acceptors (Lipinski definition) is 9. The Labute approximate surface area is 224 Å². The van der Waals surface area contributed by atoms with E-state index in [1.54, 1.807) is 40.9 Å². The summed E-state index contributed by atoms with van der Waals surface area (Å²) in [5.41, 5.74) is 0.996. The maximum Gasteiger partial charge on any atom is 0.263 e. The van der Waals surface area contributed by atoms with Crippen LogP contribution in [-0.2, 0) is 11.3 Å². The van der Waals surface area contributed by atoms with Crippen molar-refractivity contribution in [3.63, 3.8) is 0 Å². The average molecular weight is 538 g/mol. The van der Waals surface area contributed by atoms with E-state index in [9.17, 15) is 9.59 Å².